The first-order chi connectivity index (χ1) is 13.5. The number of nitrogens with two attached hydrogens (primary N) is 1. The van der Waals surface area contributed by atoms with E-state index in [1.165, 1.54) is 0 Å². The molecule has 0 unspecified atom stereocenters. The minimum absolute atomic E-state index is 0. The van der Waals surface area contributed by atoms with Crippen LogP contribution in [0, 0.1) is 0 Å². The summed E-state index contributed by atoms with van der Waals surface area (Å²) in [6, 6.07) is 16.6. The number of hydrogen-bond donors (Lipinski definition) is 3. The topological polar surface area (TPSA) is 92.5 Å². The molecule has 7 heteroatoms. The molecule has 0 radical (unpaired) electrons. The Morgan fingerprint density at radius 1 is 1.00 bits per heavy atom. The fourth-order valence-electron chi connectivity index (χ4n) is 2.76. The van der Waals surface area contributed by atoms with Crippen molar-refractivity contribution in [2.24, 2.45) is 5.73 Å². The molecular weight excluding hydrogens is 408 g/mol. The monoisotopic (exact) mass is 434 g/mol. The van der Waals surface area contributed by atoms with E-state index in [0.29, 0.717) is 12.8 Å². The summed E-state index contributed by atoms with van der Waals surface area (Å²) in [5.74, 6) is 0.749. The van der Waals surface area contributed by atoms with Gasteiger partial charge in [0.25, 0.3) is 0 Å². The van der Waals surface area contributed by atoms with Crippen LogP contribution in [0.2, 0.25) is 0 Å². The summed E-state index contributed by atoms with van der Waals surface area (Å²) >= 11 is 1.69. The zero-order valence-corrected chi connectivity index (χ0v) is 18.0. The van der Waals surface area contributed by atoms with Gasteiger partial charge in [0.05, 0.1) is 18.8 Å². The minimum atomic E-state index is -0.920. The predicted octanol–water partition coefficient (Wildman–Crippen LogP) is 4.09. The Labute approximate surface area is 181 Å². The third-order valence-corrected chi connectivity index (χ3v) is 5.72. The van der Waals surface area contributed by atoms with Gasteiger partial charge in [-0.05, 0) is 42.7 Å². The summed E-state index contributed by atoms with van der Waals surface area (Å²) in [6.45, 7) is 1.58. The van der Waals surface area contributed by atoms with Gasteiger partial charge in [-0.15, -0.1) is 12.4 Å². The van der Waals surface area contributed by atoms with Crippen molar-refractivity contribution in [3.05, 3.63) is 66.2 Å². The Kier molecular flexibility index (Phi) is 8.74. The Hall–Kier alpha value is -1.83. The zero-order chi connectivity index (χ0) is 20.0. The standard InChI is InChI=1S/C22H26N2O3S.ClH/c1-2-21-24-20(13-27-21)17-5-9-19(10-6-17)28-18-7-3-16(4-8-18)11-12-22(23,14-25)15-26;/h3-10,13,25-26H,2,11-12,14-15,23H2,1H3;1H. The second kappa shape index (κ2) is 10.8. The van der Waals surface area contributed by atoms with Gasteiger partial charge in [-0.2, -0.15) is 0 Å². The molecule has 5 nitrogen and oxygen atoms in total. The third-order valence-electron chi connectivity index (χ3n) is 4.70. The summed E-state index contributed by atoms with van der Waals surface area (Å²) in [4.78, 5) is 6.75. The number of rotatable bonds is 9. The van der Waals surface area contributed by atoms with E-state index >= 15 is 0 Å². The normalized spacial score (nSPS) is 11.3. The highest BCUT2D eigenvalue weighted by atomic mass is 35.5. The number of oxazole rings is 1. The second-order valence-corrected chi connectivity index (χ2v) is 8.08. The average Bonchev–Trinajstić information content (AvgIpc) is 3.23. The van der Waals surface area contributed by atoms with Gasteiger partial charge in [-0.3, -0.25) is 0 Å². The molecule has 0 saturated carbocycles. The number of aryl methyl sites for hydroxylation is 2. The van der Waals surface area contributed by atoms with Crippen LogP contribution in [0.5, 0.6) is 0 Å². The lowest BCUT2D eigenvalue weighted by molar-refractivity contribution is 0.115. The predicted molar refractivity (Wildman–Crippen MR) is 119 cm³/mol. The highest BCUT2D eigenvalue weighted by molar-refractivity contribution is 7.99. The van der Waals surface area contributed by atoms with Crippen LogP contribution in [-0.4, -0.2) is 33.9 Å². The SMILES string of the molecule is CCc1nc(-c2ccc(Sc3ccc(CCC(N)(CO)CO)cc3)cc2)co1.Cl. The van der Waals surface area contributed by atoms with Gasteiger partial charge < -0.3 is 20.4 Å². The molecule has 29 heavy (non-hydrogen) atoms. The maximum absolute atomic E-state index is 9.28. The van der Waals surface area contributed by atoms with E-state index in [1.807, 2.05) is 6.92 Å². The average molecular weight is 435 g/mol. The first-order valence-electron chi connectivity index (χ1n) is 9.37. The summed E-state index contributed by atoms with van der Waals surface area (Å²) in [6.07, 6.45) is 3.74. The molecule has 0 spiro atoms. The maximum Gasteiger partial charge on any atom is 0.194 e. The van der Waals surface area contributed by atoms with Crippen LogP contribution in [0.25, 0.3) is 11.3 Å². The summed E-state index contributed by atoms with van der Waals surface area (Å²) in [5.41, 5.74) is 8.04. The fraction of sp³-hybridized carbons (Fsp3) is 0.318. The van der Waals surface area contributed by atoms with Crippen molar-refractivity contribution in [2.45, 2.75) is 41.5 Å². The lowest BCUT2D eigenvalue weighted by atomic mass is 9.94. The maximum atomic E-state index is 9.28. The van der Waals surface area contributed by atoms with Crippen molar-refractivity contribution in [3.63, 3.8) is 0 Å². The highest BCUT2D eigenvalue weighted by Crippen LogP contribution is 2.30. The van der Waals surface area contributed by atoms with Crippen LogP contribution in [0.15, 0.2) is 69.0 Å². The van der Waals surface area contributed by atoms with Crippen LogP contribution in [-0.2, 0) is 12.8 Å². The second-order valence-electron chi connectivity index (χ2n) is 6.93. The largest absolute Gasteiger partial charge is 0.448 e. The molecule has 0 aliphatic carbocycles. The first-order valence-corrected chi connectivity index (χ1v) is 10.2. The molecule has 0 saturated heterocycles. The van der Waals surface area contributed by atoms with E-state index in [0.717, 1.165) is 38.9 Å². The third kappa shape index (κ3) is 6.32. The molecule has 3 aromatic rings. The van der Waals surface area contributed by atoms with Crippen LogP contribution < -0.4 is 5.73 Å². The van der Waals surface area contributed by atoms with Gasteiger partial charge in [-0.25, -0.2) is 4.98 Å². The van der Waals surface area contributed by atoms with E-state index in [4.69, 9.17) is 10.2 Å². The summed E-state index contributed by atoms with van der Waals surface area (Å²) < 4.78 is 5.41. The van der Waals surface area contributed by atoms with E-state index in [-0.39, 0.29) is 25.6 Å². The number of hydrogen-bond acceptors (Lipinski definition) is 6. The van der Waals surface area contributed by atoms with Crippen molar-refractivity contribution < 1.29 is 14.6 Å². The molecule has 0 bridgehead atoms. The lowest BCUT2D eigenvalue weighted by Gasteiger charge is -2.24. The van der Waals surface area contributed by atoms with Gasteiger partial charge in [0.2, 0.25) is 0 Å². The molecule has 1 aromatic heterocycles. The minimum Gasteiger partial charge on any atom is -0.448 e. The van der Waals surface area contributed by atoms with Gasteiger partial charge in [0, 0.05) is 21.8 Å². The summed E-state index contributed by atoms with van der Waals surface area (Å²) in [5, 5.41) is 18.6. The van der Waals surface area contributed by atoms with Crippen LogP contribution in [0.3, 0.4) is 0 Å². The number of halogens is 1. The Bertz CT molecular complexity index is 878. The van der Waals surface area contributed by atoms with Gasteiger partial charge in [0.1, 0.15) is 12.0 Å². The molecule has 0 amide bonds. The number of aromatic nitrogens is 1. The van der Waals surface area contributed by atoms with E-state index in [1.54, 1.807) is 18.0 Å². The quantitative estimate of drug-likeness (QED) is 0.469. The fourth-order valence-corrected chi connectivity index (χ4v) is 3.58. The van der Waals surface area contributed by atoms with Crippen molar-refractivity contribution in [3.8, 4) is 11.3 Å². The van der Waals surface area contributed by atoms with E-state index < -0.39 is 5.54 Å². The molecule has 1 heterocycles. The zero-order valence-electron chi connectivity index (χ0n) is 16.4. The van der Waals surface area contributed by atoms with Crippen molar-refractivity contribution in [1.82, 2.24) is 4.98 Å². The molecule has 0 atom stereocenters. The molecule has 0 fully saturated rings. The Morgan fingerprint density at radius 3 is 2.10 bits per heavy atom. The van der Waals surface area contributed by atoms with Gasteiger partial charge >= 0.3 is 0 Å². The lowest BCUT2D eigenvalue weighted by Crippen LogP contribution is -2.47. The molecule has 3 rings (SSSR count). The van der Waals surface area contributed by atoms with Crippen molar-refractivity contribution in [1.29, 1.82) is 0 Å². The van der Waals surface area contributed by atoms with E-state index in [2.05, 4.69) is 53.5 Å². The van der Waals surface area contributed by atoms with Crippen LogP contribution in [0.4, 0.5) is 0 Å². The smallest absolute Gasteiger partial charge is 0.194 e. The van der Waals surface area contributed by atoms with Crippen LogP contribution in [0.1, 0.15) is 24.8 Å². The molecule has 0 aliphatic rings. The van der Waals surface area contributed by atoms with Gasteiger partial charge in [-0.1, -0.05) is 43.0 Å². The van der Waals surface area contributed by atoms with Gasteiger partial charge in [0.15, 0.2) is 5.89 Å². The number of aliphatic hydroxyl groups is 2. The van der Waals surface area contributed by atoms with Crippen molar-refractivity contribution in [2.75, 3.05) is 13.2 Å². The highest BCUT2D eigenvalue weighted by Gasteiger charge is 2.22. The Balaban J connectivity index is 0.00000300. The van der Waals surface area contributed by atoms with Crippen molar-refractivity contribution >= 4 is 24.2 Å². The molecule has 4 N–H and O–H groups in total. The molecule has 156 valence electrons. The molecule has 0 aliphatic heterocycles. The Morgan fingerprint density at radius 2 is 1.59 bits per heavy atom. The number of aliphatic hydroxyl groups excluding tert-OH is 2. The van der Waals surface area contributed by atoms with Crippen LogP contribution >= 0.6 is 24.2 Å². The molecular formula is C22H27ClN2O3S. The van der Waals surface area contributed by atoms with E-state index in [9.17, 15) is 10.2 Å². The molecule has 2 aromatic carbocycles. The first kappa shape index (κ1) is 23.4. The number of nitrogens with zero attached hydrogens (tertiary/aromatic N) is 1. The summed E-state index contributed by atoms with van der Waals surface area (Å²) in [7, 11) is 0. The number of benzene rings is 2.